The fourth-order valence-electron chi connectivity index (χ4n) is 6.96. The van der Waals surface area contributed by atoms with E-state index in [9.17, 15) is 0 Å². The van der Waals surface area contributed by atoms with Crippen molar-refractivity contribution in [3.8, 4) is 22.8 Å². The van der Waals surface area contributed by atoms with Crippen LogP contribution in [0.25, 0.3) is 22.3 Å². The number of nitrogens with zero attached hydrogens (tertiary/aromatic N) is 6. The summed E-state index contributed by atoms with van der Waals surface area (Å²) in [7, 11) is 5.29. The second-order valence-electron chi connectivity index (χ2n) is 12.2. The summed E-state index contributed by atoms with van der Waals surface area (Å²) in [6.45, 7) is 8.76. The van der Waals surface area contributed by atoms with Crippen molar-refractivity contribution in [2.75, 3.05) is 45.3 Å². The van der Waals surface area contributed by atoms with Gasteiger partial charge in [-0.3, -0.25) is 9.67 Å². The third-order valence-corrected chi connectivity index (χ3v) is 9.05. The number of rotatable bonds is 10. The molecule has 6 rings (SSSR count). The molecule has 0 bridgehead atoms. The van der Waals surface area contributed by atoms with Crippen molar-refractivity contribution >= 4 is 22.4 Å². The van der Waals surface area contributed by atoms with Crippen molar-refractivity contribution in [1.82, 2.24) is 24.6 Å². The first-order chi connectivity index (χ1) is 20.9. The molecule has 1 unspecified atom stereocenters. The molecule has 2 saturated heterocycles. The average Bonchev–Trinajstić information content (AvgIpc) is 3.67. The second-order valence-corrected chi connectivity index (χ2v) is 12.2. The molecule has 0 amide bonds. The Morgan fingerprint density at radius 3 is 2.40 bits per heavy atom. The zero-order valence-electron chi connectivity index (χ0n) is 26.1. The zero-order valence-corrected chi connectivity index (χ0v) is 26.1. The predicted octanol–water partition coefficient (Wildman–Crippen LogP) is 6.10. The average molecular weight is 585 g/mol. The van der Waals surface area contributed by atoms with Crippen molar-refractivity contribution in [3.63, 3.8) is 0 Å². The van der Waals surface area contributed by atoms with Crippen LogP contribution in [0, 0.1) is 11.8 Å². The molecule has 0 aliphatic carbocycles. The predicted molar refractivity (Wildman–Crippen MR) is 170 cm³/mol. The monoisotopic (exact) mass is 584 g/mol. The largest absolute Gasteiger partial charge is 0.497 e. The van der Waals surface area contributed by atoms with Gasteiger partial charge < -0.3 is 24.0 Å². The van der Waals surface area contributed by atoms with E-state index in [-0.39, 0.29) is 0 Å². The Balaban J connectivity index is 1.22. The maximum Gasteiger partial charge on any atom is 0.124 e. The van der Waals surface area contributed by atoms with Gasteiger partial charge in [0, 0.05) is 61.5 Å². The van der Waals surface area contributed by atoms with Crippen LogP contribution in [0.4, 0.5) is 11.4 Å². The van der Waals surface area contributed by atoms with Gasteiger partial charge in [0.05, 0.1) is 55.5 Å². The van der Waals surface area contributed by atoms with E-state index in [0.717, 1.165) is 76.5 Å². The summed E-state index contributed by atoms with van der Waals surface area (Å²) in [6.07, 6.45) is 11.1. The molecule has 3 atom stereocenters. The lowest BCUT2D eigenvalue weighted by molar-refractivity contribution is -0.0625. The van der Waals surface area contributed by atoms with Gasteiger partial charge >= 0.3 is 0 Å². The number of methoxy groups -OCH3 is 2. The number of aryl methyl sites for hydroxylation is 1. The molecule has 0 spiro atoms. The van der Waals surface area contributed by atoms with Crippen LogP contribution in [-0.2, 0) is 11.8 Å². The fraction of sp³-hybridized carbons (Fsp3) is 0.500. The SMILES string of the molecule is COc1cc(OC)cc(N(CCCN2CCC(C3C[C@@H](C)O[C@H](C)C3)C2)c2ccc3ncc(-c4cnn(C)c4)nc3c2)c1. The summed E-state index contributed by atoms with van der Waals surface area (Å²) in [5, 5.41) is 4.30. The molecule has 4 heterocycles. The van der Waals surface area contributed by atoms with E-state index < -0.39 is 0 Å². The summed E-state index contributed by atoms with van der Waals surface area (Å²) in [5.74, 6) is 3.09. The summed E-state index contributed by atoms with van der Waals surface area (Å²) in [5.41, 5.74) is 5.55. The number of hydrogen-bond acceptors (Lipinski definition) is 8. The Morgan fingerprint density at radius 1 is 0.930 bits per heavy atom. The molecule has 4 aromatic rings. The van der Waals surface area contributed by atoms with E-state index in [1.165, 1.54) is 32.4 Å². The van der Waals surface area contributed by atoms with Crippen LogP contribution in [0.5, 0.6) is 11.5 Å². The molecule has 2 aliphatic rings. The zero-order chi connectivity index (χ0) is 29.9. The first-order valence-electron chi connectivity index (χ1n) is 15.5. The quantitative estimate of drug-likeness (QED) is 0.221. The topological polar surface area (TPSA) is 77.8 Å². The molecule has 0 saturated carbocycles. The molecular formula is C34H44N6O3. The van der Waals surface area contributed by atoms with Gasteiger partial charge in [-0.15, -0.1) is 0 Å². The minimum Gasteiger partial charge on any atom is -0.497 e. The summed E-state index contributed by atoms with van der Waals surface area (Å²) in [6, 6.07) is 12.4. The van der Waals surface area contributed by atoms with Gasteiger partial charge in [0.25, 0.3) is 0 Å². The highest BCUT2D eigenvalue weighted by molar-refractivity contribution is 5.82. The van der Waals surface area contributed by atoms with Crippen LogP contribution >= 0.6 is 0 Å². The Morgan fingerprint density at radius 2 is 1.70 bits per heavy atom. The summed E-state index contributed by atoms with van der Waals surface area (Å²) >= 11 is 0. The molecule has 9 heteroatoms. The number of aromatic nitrogens is 4. The van der Waals surface area contributed by atoms with Gasteiger partial charge in [0.2, 0.25) is 0 Å². The van der Waals surface area contributed by atoms with E-state index in [0.29, 0.717) is 12.2 Å². The van der Waals surface area contributed by atoms with Gasteiger partial charge in [-0.05, 0) is 82.7 Å². The molecule has 9 nitrogen and oxygen atoms in total. The number of fused-ring (bicyclic) bond motifs is 1. The van der Waals surface area contributed by atoms with Crippen LogP contribution in [0.1, 0.15) is 39.5 Å². The summed E-state index contributed by atoms with van der Waals surface area (Å²) < 4.78 is 19.1. The Bertz CT molecular complexity index is 1510. The smallest absolute Gasteiger partial charge is 0.124 e. The molecule has 0 radical (unpaired) electrons. The molecule has 43 heavy (non-hydrogen) atoms. The highest BCUT2D eigenvalue weighted by Gasteiger charge is 2.34. The molecule has 2 aromatic carbocycles. The lowest BCUT2D eigenvalue weighted by atomic mass is 9.81. The standard InChI is InChI=1S/C34H44N6O3/c1-23-13-26(14-24(2)43-23)25-9-12-39(22-25)10-6-11-40(29-15-30(41-4)18-31(16-29)42-5)28-7-8-32-33(17-28)37-34(20-35-32)27-19-36-38(3)21-27/h7-8,15-21,23-26H,6,9-14,22H2,1-5H3/t23-,24-,25?/m1/s1. The van der Waals surface area contributed by atoms with Gasteiger partial charge in [-0.2, -0.15) is 5.10 Å². The lowest BCUT2D eigenvalue weighted by Crippen LogP contribution is -2.34. The maximum absolute atomic E-state index is 6.02. The number of benzene rings is 2. The third kappa shape index (κ3) is 6.78. The van der Waals surface area contributed by atoms with E-state index >= 15 is 0 Å². The van der Waals surface area contributed by atoms with Gasteiger partial charge in [0.1, 0.15) is 11.5 Å². The fourth-order valence-corrected chi connectivity index (χ4v) is 6.96. The molecular weight excluding hydrogens is 540 g/mol. The third-order valence-electron chi connectivity index (χ3n) is 9.05. The number of ether oxygens (including phenoxy) is 3. The molecule has 228 valence electrons. The first kappa shape index (κ1) is 29.4. The van der Waals surface area contributed by atoms with Gasteiger partial charge in [-0.1, -0.05) is 0 Å². The van der Waals surface area contributed by atoms with Crippen LogP contribution in [-0.4, -0.2) is 77.3 Å². The van der Waals surface area contributed by atoms with Crippen molar-refractivity contribution in [3.05, 3.63) is 55.0 Å². The molecule has 2 fully saturated rings. The van der Waals surface area contributed by atoms with Crippen LogP contribution < -0.4 is 14.4 Å². The highest BCUT2D eigenvalue weighted by Crippen LogP contribution is 2.37. The Hall–Kier alpha value is -3.69. The van der Waals surface area contributed by atoms with E-state index in [1.807, 2.05) is 31.7 Å². The van der Waals surface area contributed by atoms with Crippen molar-refractivity contribution < 1.29 is 14.2 Å². The second kappa shape index (κ2) is 12.9. The van der Waals surface area contributed by atoms with Crippen LogP contribution in [0.2, 0.25) is 0 Å². The Kier molecular flexibility index (Phi) is 8.81. The number of anilines is 2. The summed E-state index contributed by atoms with van der Waals surface area (Å²) in [4.78, 5) is 14.7. The van der Waals surface area contributed by atoms with Crippen molar-refractivity contribution in [2.24, 2.45) is 18.9 Å². The van der Waals surface area contributed by atoms with Crippen molar-refractivity contribution in [1.29, 1.82) is 0 Å². The lowest BCUT2D eigenvalue weighted by Gasteiger charge is -2.35. The Labute approximate surface area is 254 Å². The highest BCUT2D eigenvalue weighted by atomic mass is 16.5. The first-order valence-corrected chi connectivity index (χ1v) is 15.5. The van der Waals surface area contributed by atoms with E-state index in [2.05, 4.69) is 59.1 Å². The van der Waals surface area contributed by atoms with Crippen molar-refractivity contribution in [2.45, 2.75) is 51.7 Å². The normalized spacial score (nSPS) is 22.6. The van der Waals surface area contributed by atoms with Gasteiger partial charge in [0.15, 0.2) is 0 Å². The number of likely N-dealkylation sites (tertiary alicyclic amines) is 1. The molecule has 0 N–H and O–H groups in total. The number of hydrogen-bond donors (Lipinski definition) is 0. The van der Waals surface area contributed by atoms with Crippen LogP contribution in [0.3, 0.4) is 0 Å². The molecule has 2 aromatic heterocycles. The minimum atomic E-state index is 0.378. The minimum absolute atomic E-state index is 0.378. The van der Waals surface area contributed by atoms with E-state index in [4.69, 9.17) is 24.2 Å². The van der Waals surface area contributed by atoms with E-state index in [1.54, 1.807) is 18.9 Å². The molecule has 2 aliphatic heterocycles. The van der Waals surface area contributed by atoms with Crippen LogP contribution in [0.15, 0.2) is 55.0 Å². The van der Waals surface area contributed by atoms with Gasteiger partial charge in [-0.25, -0.2) is 4.98 Å². The maximum atomic E-state index is 6.02.